The third-order valence-corrected chi connectivity index (χ3v) is 4.63. The van der Waals surface area contributed by atoms with Crippen molar-refractivity contribution in [1.82, 2.24) is 0 Å². The summed E-state index contributed by atoms with van der Waals surface area (Å²) >= 11 is 0. The van der Waals surface area contributed by atoms with Gasteiger partial charge in [0.2, 0.25) is 5.41 Å². The maximum atomic E-state index is 14.0. The lowest BCUT2D eigenvalue weighted by atomic mass is 9.72. The van der Waals surface area contributed by atoms with Crippen molar-refractivity contribution in [3.8, 4) is 0 Å². The average molecular weight is 494 g/mol. The van der Waals surface area contributed by atoms with Crippen LogP contribution in [0, 0.1) is 10.8 Å². The van der Waals surface area contributed by atoms with Gasteiger partial charge in [-0.05, 0) is 11.1 Å². The van der Waals surface area contributed by atoms with Gasteiger partial charge in [0.05, 0.1) is 0 Å². The van der Waals surface area contributed by atoms with Gasteiger partial charge in [0.25, 0.3) is 0 Å². The normalized spacial score (nSPS) is 13.7. The first-order valence-electron chi connectivity index (χ1n) is 8.41. The van der Waals surface area contributed by atoms with E-state index in [1.807, 2.05) is 0 Å². The van der Waals surface area contributed by atoms with E-state index < -0.39 is 63.8 Å². The zero-order chi connectivity index (χ0) is 25.6. The largest absolute Gasteiger partial charge is 0.433 e. The molecule has 0 fully saturated rings. The van der Waals surface area contributed by atoms with E-state index in [0.717, 1.165) is 0 Å². The predicted octanol–water partition coefficient (Wildman–Crippen LogP) is 6.96. The summed E-state index contributed by atoms with van der Waals surface area (Å²) in [5, 5.41) is 13.9. The van der Waals surface area contributed by atoms with Crippen molar-refractivity contribution in [1.29, 1.82) is 10.8 Å². The lowest BCUT2D eigenvalue weighted by Crippen LogP contribution is -2.54. The summed E-state index contributed by atoms with van der Waals surface area (Å²) in [7, 11) is 0. The molecule has 0 unspecified atom stereocenters. The number of rotatable bonds is 4. The van der Waals surface area contributed by atoms with Crippen molar-refractivity contribution in [2.75, 3.05) is 0 Å². The highest BCUT2D eigenvalue weighted by Crippen LogP contribution is 2.56. The fraction of sp³-hybridized carbons (Fsp3) is 0.263. The molecule has 2 aromatic carbocycles. The van der Waals surface area contributed by atoms with Crippen LogP contribution in [-0.4, -0.2) is 36.1 Å². The van der Waals surface area contributed by atoms with Crippen LogP contribution in [0.1, 0.15) is 22.3 Å². The number of benzene rings is 2. The van der Waals surface area contributed by atoms with E-state index in [-0.39, 0.29) is 48.5 Å². The first kappa shape index (κ1) is 26.2. The van der Waals surface area contributed by atoms with Crippen molar-refractivity contribution in [3.63, 3.8) is 0 Å². The van der Waals surface area contributed by atoms with Crippen LogP contribution >= 0.6 is 0 Å². The van der Waals surface area contributed by atoms with Crippen LogP contribution < -0.4 is 0 Å². The Balaban J connectivity index is 2.75. The number of hydrogen-bond acceptors (Lipinski definition) is 2. The molecule has 14 heteroatoms. The zero-order valence-corrected chi connectivity index (χ0v) is 15.7. The average Bonchev–Trinajstić information content (AvgIpc) is 2.65. The van der Waals surface area contributed by atoms with E-state index in [2.05, 4.69) is 0 Å². The van der Waals surface area contributed by atoms with Crippen LogP contribution in [0.15, 0.2) is 48.5 Å². The van der Waals surface area contributed by atoms with Crippen molar-refractivity contribution in [3.05, 3.63) is 70.8 Å². The molecule has 0 spiro atoms. The fourth-order valence-electron chi connectivity index (χ4n) is 3.08. The third-order valence-electron chi connectivity index (χ3n) is 4.63. The van der Waals surface area contributed by atoms with Gasteiger partial charge in [-0.15, -0.1) is 0 Å². The quantitative estimate of drug-likeness (QED) is 0.341. The number of nitrogens with one attached hydrogen (secondary N) is 2. The molecule has 0 saturated carbocycles. The van der Waals surface area contributed by atoms with Gasteiger partial charge in [-0.2, -0.15) is 52.7 Å². The van der Waals surface area contributed by atoms with Crippen LogP contribution in [0.4, 0.5) is 52.7 Å². The highest BCUT2D eigenvalue weighted by atomic mass is 19.4. The van der Waals surface area contributed by atoms with Crippen molar-refractivity contribution < 1.29 is 52.7 Å². The maximum Gasteiger partial charge on any atom is 0.433 e. The highest BCUT2D eigenvalue weighted by molar-refractivity contribution is 6.02. The Bertz CT molecular complexity index is 938. The summed E-state index contributed by atoms with van der Waals surface area (Å²) in [5.74, 6) is 0. The van der Waals surface area contributed by atoms with E-state index in [4.69, 9.17) is 10.8 Å². The molecule has 2 N–H and O–H groups in total. The standard InChI is InChI=1S/C19H10F12N2/c20-16(21,22)13(32)9-1-5-11(6-2-9)15(18(26,27)28,19(29,30)31)12-7-3-10(4-8-12)14(33)17(23,24)25/h1-8,32-33H. The molecule has 2 nitrogen and oxygen atoms in total. The second-order valence-corrected chi connectivity index (χ2v) is 6.65. The van der Waals surface area contributed by atoms with Gasteiger partial charge < -0.3 is 0 Å². The third kappa shape index (κ3) is 4.69. The summed E-state index contributed by atoms with van der Waals surface area (Å²) in [6, 6.07) is 1.47. The minimum Gasteiger partial charge on any atom is -0.296 e. The van der Waals surface area contributed by atoms with Crippen LogP contribution in [0.3, 0.4) is 0 Å². The zero-order valence-electron chi connectivity index (χ0n) is 15.7. The van der Waals surface area contributed by atoms with Gasteiger partial charge in [0.1, 0.15) is 11.4 Å². The van der Waals surface area contributed by atoms with E-state index in [0.29, 0.717) is 0 Å². The molecular weight excluding hydrogens is 484 g/mol. The molecule has 0 amide bonds. The molecule has 33 heavy (non-hydrogen) atoms. The molecule has 0 bridgehead atoms. The van der Waals surface area contributed by atoms with Crippen molar-refractivity contribution in [2.45, 2.75) is 30.1 Å². The van der Waals surface area contributed by atoms with Gasteiger partial charge in [-0.1, -0.05) is 48.5 Å². The number of hydrogen-bond donors (Lipinski definition) is 2. The molecule has 2 aromatic rings. The molecule has 0 aromatic heterocycles. The van der Waals surface area contributed by atoms with Crippen LogP contribution in [0.5, 0.6) is 0 Å². The molecule has 0 saturated heterocycles. The van der Waals surface area contributed by atoms with Gasteiger partial charge in [0, 0.05) is 11.1 Å². The molecule has 180 valence electrons. The first-order chi connectivity index (χ1) is 14.7. The van der Waals surface area contributed by atoms with Crippen LogP contribution in [0.25, 0.3) is 0 Å². The second kappa shape index (κ2) is 8.06. The summed E-state index contributed by atoms with van der Waals surface area (Å²) in [4.78, 5) is 0. The Morgan fingerprint density at radius 1 is 0.455 bits per heavy atom. The van der Waals surface area contributed by atoms with Gasteiger partial charge >= 0.3 is 24.7 Å². The van der Waals surface area contributed by atoms with Crippen molar-refractivity contribution in [2.24, 2.45) is 0 Å². The van der Waals surface area contributed by atoms with Gasteiger partial charge in [-0.25, -0.2) is 0 Å². The Morgan fingerprint density at radius 3 is 0.879 bits per heavy atom. The fourth-order valence-corrected chi connectivity index (χ4v) is 3.08. The summed E-state index contributed by atoms with van der Waals surface area (Å²) in [6.45, 7) is 0. The summed E-state index contributed by atoms with van der Waals surface area (Å²) < 4.78 is 160. The van der Waals surface area contributed by atoms with E-state index in [1.165, 1.54) is 0 Å². The van der Waals surface area contributed by atoms with E-state index in [1.54, 1.807) is 0 Å². The number of halogens is 12. The monoisotopic (exact) mass is 494 g/mol. The van der Waals surface area contributed by atoms with Crippen LogP contribution in [-0.2, 0) is 5.41 Å². The van der Waals surface area contributed by atoms with Crippen LogP contribution in [0.2, 0.25) is 0 Å². The predicted molar refractivity (Wildman–Crippen MR) is 91.5 cm³/mol. The van der Waals surface area contributed by atoms with E-state index >= 15 is 0 Å². The smallest absolute Gasteiger partial charge is 0.296 e. The SMILES string of the molecule is N=C(c1ccc(C(c2ccc(C(=N)C(F)(F)F)cc2)(C(F)(F)F)C(F)(F)F)cc1)C(F)(F)F. The molecule has 0 aliphatic rings. The summed E-state index contributed by atoms with van der Waals surface area (Å²) in [5.41, 5.74) is -14.0. The molecule has 0 radical (unpaired) electrons. The Morgan fingerprint density at radius 2 is 0.697 bits per heavy atom. The Hall–Kier alpha value is -3.06. The van der Waals surface area contributed by atoms with Gasteiger partial charge in [0.15, 0.2) is 0 Å². The molecule has 0 aliphatic heterocycles. The molecule has 2 rings (SSSR count). The van der Waals surface area contributed by atoms with Crippen molar-refractivity contribution >= 4 is 11.4 Å². The lowest BCUT2D eigenvalue weighted by Gasteiger charge is -2.38. The maximum absolute atomic E-state index is 14.0. The lowest BCUT2D eigenvalue weighted by molar-refractivity contribution is -0.288. The minimum absolute atomic E-state index is 0.113. The molecule has 0 heterocycles. The topological polar surface area (TPSA) is 47.7 Å². The Labute approximate surface area is 176 Å². The van der Waals surface area contributed by atoms with E-state index in [9.17, 15) is 52.7 Å². The Kier molecular flexibility index (Phi) is 6.40. The first-order valence-corrected chi connectivity index (χ1v) is 8.41. The molecule has 0 atom stereocenters. The minimum atomic E-state index is -6.14. The highest BCUT2D eigenvalue weighted by Gasteiger charge is 2.72. The second-order valence-electron chi connectivity index (χ2n) is 6.65. The summed E-state index contributed by atoms with van der Waals surface area (Å²) in [6.07, 6.45) is -22.7. The molecular formula is C19H10F12N2. The molecule has 0 aliphatic carbocycles. The number of alkyl halides is 12. The van der Waals surface area contributed by atoms with Gasteiger partial charge in [-0.3, -0.25) is 10.8 Å².